The molecule has 0 aliphatic heterocycles. The fourth-order valence-corrected chi connectivity index (χ4v) is 2.31. The third-order valence-electron chi connectivity index (χ3n) is 3.39. The lowest BCUT2D eigenvalue weighted by atomic mass is 10.2. The SMILES string of the molecule is CCCc1cc(N(CCCN)Cc2ccccc2)ncn1. The van der Waals surface area contributed by atoms with E-state index in [9.17, 15) is 0 Å². The summed E-state index contributed by atoms with van der Waals surface area (Å²) in [5.41, 5.74) is 8.05. The molecule has 0 unspecified atom stereocenters. The minimum atomic E-state index is 0.693. The molecule has 4 nitrogen and oxygen atoms in total. The molecule has 4 heteroatoms. The molecule has 2 N–H and O–H groups in total. The summed E-state index contributed by atoms with van der Waals surface area (Å²) >= 11 is 0. The quantitative estimate of drug-likeness (QED) is 0.810. The van der Waals surface area contributed by atoms with Gasteiger partial charge in [0.1, 0.15) is 12.1 Å². The Hall–Kier alpha value is -1.94. The van der Waals surface area contributed by atoms with E-state index in [0.29, 0.717) is 6.54 Å². The van der Waals surface area contributed by atoms with E-state index in [1.165, 1.54) is 5.56 Å². The van der Waals surface area contributed by atoms with Crippen molar-refractivity contribution in [1.29, 1.82) is 0 Å². The molecule has 0 bridgehead atoms. The van der Waals surface area contributed by atoms with Crippen molar-refractivity contribution in [3.8, 4) is 0 Å². The van der Waals surface area contributed by atoms with Crippen LogP contribution in [-0.4, -0.2) is 23.1 Å². The monoisotopic (exact) mass is 284 g/mol. The molecule has 0 saturated heterocycles. The molecule has 21 heavy (non-hydrogen) atoms. The second-order valence-corrected chi connectivity index (χ2v) is 5.17. The first-order valence-corrected chi connectivity index (χ1v) is 7.63. The van der Waals surface area contributed by atoms with Crippen molar-refractivity contribution >= 4 is 5.82 Å². The van der Waals surface area contributed by atoms with Crippen molar-refractivity contribution in [2.24, 2.45) is 5.73 Å². The Balaban J connectivity index is 2.16. The summed E-state index contributed by atoms with van der Waals surface area (Å²) in [4.78, 5) is 11.1. The Kier molecular flexibility index (Phi) is 6.16. The van der Waals surface area contributed by atoms with E-state index < -0.39 is 0 Å². The maximum Gasteiger partial charge on any atom is 0.132 e. The fraction of sp³-hybridized carbons (Fsp3) is 0.412. The van der Waals surface area contributed by atoms with Crippen LogP contribution in [0.1, 0.15) is 31.0 Å². The molecular weight excluding hydrogens is 260 g/mol. The summed E-state index contributed by atoms with van der Waals surface area (Å²) < 4.78 is 0. The average molecular weight is 284 g/mol. The van der Waals surface area contributed by atoms with Crippen molar-refractivity contribution in [2.75, 3.05) is 18.0 Å². The van der Waals surface area contributed by atoms with E-state index in [0.717, 1.165) is 43.9 Å². The second-order valence-electron chi connectivity index (χ2n) is 5.17. The van der Waals surface area contributed by atoms with Gasteiger partial charge < -0.3 is 10.6 Å². The van der Waals surface area contributed by atoms with Gasteiger partial charge in [-0.2, -0.15) is 0 Å². The first kappa shape index (κ1) is 15.4. The molecule has 0 atom stereocenters. The molecule has 0 saturated carbocycles. The smallest absolute Gasteiger partial charge is 0.132 e. The number of anilines is 1. The molecule has 0 spiro atoms. The molecule has 2 rings (SSSR count). The third-order valence-corrected chi connectivity index (χ3v) is 3.39. The number of aromatic nitrogens is 2. The maximum absolute atomic E-state index is 5.67. The van der Waals surface area contributed by atoms with Crippen LogP contribution >= 0.6 is 0 Å². The van der Waals surface area contributed by atoms with Crippen LogP contribution in [0, 0.1) is 0 Å². The molecule has 1 aromatic heterocycles. The van der Waals surface area contributed by atoms with Gasteiger partial charge in [0.15, 0.2) is 0 Å². The highest BCUT2D eigenvalue weighted by Crippen LogP contribution is 2.16. The van der Waals surface area contributed by atoms with Gasteiger partial charge >= 0.3 is 0 Å². The van der Waals surface area contributed by atoms with Gasteiger partial charge in [-0.05, 0) is 24.9 Å². The van der Waals surface area contributed by atoms with Crippen molar-refractivity contribution in [2.45, 2.75) is 32.7 Å². The maximum atomic E-state index is 5.67. The number of benzene rings is 1. The number of nitrogens with two attached hydrogens (primary N) is 1. The number of nitrogens with zero attached hydrogens (tertiary/aromatic N) is 3. The predicted octanol–water partition coefficient (Wildman–Crippen LogP) is 2.78. The van der Waals surface area contributed by atoms with Crippen LogP contribution in [0.5, 0.6) is 0 Å². The van der Waals surface area contributed by atoms with E-state index in [-0.39, 0.29) is 0 Å². The Morgan fingerprint density at radius 3 is 2.67 bits per heavy atom. The van der Waals surface area contributed by atoms with Crippen LogP contribution < -0.4 is 10.6 Å². The minimum absolute atomic E-state index is 0.693. The van der Waals surface area contributed by atoms with Gasteiger partial charge in [0.2, 0.25) is 0 Å². The van der Waals surface area contributed by atoms with E-state index in [1.54, 1.807) is 6.33 Å². The van der Waals surface area contributed by atoms with Gasteiger partial charge in [0, 0.05) is 24.8 Å². The summed E-state index contributed by atoms with van der Waals surface area (Å²) in [6.45, 7) is 4.62. The van der Waals surface area contributed by atoms with Crippen LogP contribution in [0.4, 0.5) is 5.82 Å². The summed E-state index contributed by atoms with van der Waals surface area (Å²) in [5.74, 6) is 0.991. The Morgan fingerprint density at radius 2 is 1.95 bits per heavy atom. The first-order valence-electron chi connectivity index (χ1n) is 7.63. The lowest BCUT2D eigenvalue weighted by molar-refractivity contribution is 0.721. The summed E-state index contributed by atoms with van der Waals surface area (Å²) in [6.07, 6.45) is 4.71. The minimum Gasteiger partial charge on any atom is -0.352 e. The highest BCUT2D eigenvalue weighted by atomic mass is 15.2. The number of hydrogen-bond acceptors (Lipinski definition) is 4. The molecule has 0 aliphatic carbocycles. The van der Waals surface area contributed by atoms with Crippen LogP contribution in [-0.2, 0) is 13.0 Å². The molecule has 112 valence electrons. The van der Waals surface area contributed by atoms with Gasteiger partial charge in [0.05, 0.1) is 0 Å². The van der Waals surface area contributed by atoms with E-state index in [1.807, 2.05) is 6.07 Å². The molecular formula is C17H24N4. The van der Waals surface area contributed by atoms with Crippen LogP contribution in [0.2, 0.25) is 0 Å². The number of aryl methyl sites for hydroxylation is 1. The normalized spacial score (nSPS) is 10.6. The average Bonchev–Trinajstić information content (AvgIpc) is 2.53. The van der Waals surface area contributed by atoms with Crippen molar-refractivity contribution in [3.05, 3.63) is 54.0 Å². The van der Waals surface area contributed by atoms with E-state index in [2.05, 4.69) is 52.1 Å². The highest BCUT2D eigenvalue weighted by molar-refractivity contribution is 5.40. The molecule has 1 aromatic carbocycles. The summed E-state index contributed by atoms with van der Waals surface area (Å²) in [6, 6.07) is 12.6. The fourth-order valence-electron chi connectivity index (χ4n) is 2.31. The van der Waals surface area contributed by atoms with Gasteiger partial charge in [-0.15, -0.1) is 0 Å². The zero-order valence-corrected chi connectivity index (χ0v) is 12.7. The summed E-state index contributed by atoms with van der Waals surface area (Å²) in [5, 5.41) is 0. The van der Waals surface area contributed by atoms with Gasteiger partial charge in [-0.1, -0.05) is 43.7 Å². The highest BCUT2D eigenvalue weighted by Gasteiger charge is 2.09. The molecule has 2 aromatic rings. The molecule has 0 radical (unpaired) electrons. The van der Waals surface area contributed by atoms with Gasteiger partial charge in [-0.25, -0.2) is 9.97 Å². The second kappa shape index (κ2) is 8.37. The molecule has 1 heterocycles. The number of rotatable bonds is 8. The zero-order valence-electron chi connectivity index (χ0n) is 12.7. The summed E-state index contributed by atoms with van der Waals surface area (Å²) in [7, 11) is 0. The van der Waals surface area contributed by atoms with Crippen LogP contribution in [0.25, 0.3) is 0 Å². The standard InChI is InChI=1S/C17H24N4/c1-2-7-16-12-17(20-14-19-16)21(11-6-10-18)13-15-8-4-3-5-9-15/h3-5,8-9,12,14H,2,6-7,10-11,13,18H2,1H3. The van der Waals surface area contributed by atoms with Gasteiger partial charge in [0.25, 0.3) is 0 Å². The van der Waals surface area contributed by atoms with Crippen molar-refractivity contribution < 1.29 is 0 Å². The Labute approximate surface area is 127 Å². The van der Waals surface area contributed by atoms with E-state index in [4.69, 9.17) is 5.73 Å². The van der Waals surface area contributed by atoms with E-state index >= 15 is 0 Å². The molecule has 0 amide bonds. The lowest BCUT2D eigenvalue weighted by Crippen LogP contribution is -2.26. The van der Waals surface area contributed by atoms with Crippen molar-refractivity contribution in [1.82, 2.24) is 9.97 Å². The third kappa shape index (κ3) is 4.83. The molecule has 0 fully saturated rings. The predicted molar refractivity (Wildman–Crippen MR) is 87.2 cm³/mol. The topological polar surface area (TPSA) is 55.0 Å². The van der Waals surface area contributed by atoms with Gasteiger partial charge in [-0.3, -0.25) is 0 Å². The Bertz CT molecular complexity index is 527. The molecule has 0 aliphatic rings. The van der Waals surface area contributed by atoms with Crippen LogP contribution in [0.3, 0.4) is 0 Å². The first-order chi connectivity index (χ1) is 10.3. The Morgan fingerprint density at radius 1 is 1.14 bits per heavy atom. The zero-order chi connectivity index (χ0) is 14.9. The largest absolute Gasteiger partial charge is 0.352 e. The lowest BCUT2D eigenvalue weighted by Gasteiger charge is -2.24. The van der Waals surface area contributed by atoms with Crippen molar-refractivity contribution in [3.63, 3.8) is 0 Å². The van der Waals surface area contributed by atoms with Crippen LogP contribution in [0.15, 0.2) is 42.7 Å². The number of hydrogen-bond donors (Lipinski definition) is 1.